The predicted molar refractivity (Wildman–Crippen MR) is 49.4 cm³/mol. The Bertz CT molecular complexity index is 417. The van der Waals surface area contributed by atoms with Crippen LogP contribution in [0.5, 0.6) is 0 Å². The maximum absolute atomic E-state index is 12.3. The molecule has 1 rings (SSSR count). The van der Waals surface area contributed by atoms with Gasteiger partial charge < -0.3 is 11.5 Å². The van der Waals surface area contributed by atoms with E-state index in [0.29, 0.717) is 6.07 Å². The van der Waals surface area contributed by atoms with Crippen LogP contribution in [0.1, 0.15) is 15.9 Å². The smallest absolute Gasteiger partial charge is 0.398 e. The monoisotopic (exact) mass is 238 g/mol. The molecule has 0 unspecified atom stereocenters. The molecule has 4 N–H and O–H groups in total. The number of primary amides is 1. The maximum atomic E-state index is 12.3. The average Bonchev–Trinajstić information content (AvgIpc) is 2.00. The minimum Gasteiger partial charge on any atom is -0.398 e. The van der Waals surface area contributed by atoms with Crippen LogP contribution in [0.3, 0.4) is 0 Å². The van der Waals surface area contributed by atoms with Gasteiger partial charge in [-0.05, 0) is 12.1 Å². The molecule has 0 aromatic heterocycles. The summed E-state index contributed by atoms with van der Waals surface area (Å²) >= 11 is 5.39. The Morgan fingerprint density at radius 3 is 2.27 bits per heavy atom. The van der Waals surface area contributed by atoms with Gasteiger partial charge in [0, 0.05) is 5.69 Å². The normalized spacial score (nSPS) is 11.5. The molecule has 0 aliphatic heterocycles. The first-order valence-corrected chi connectivity index (χ1v) is 4.08. The first-order valence-electron chi connectivity index (χ1n) is 3.70. The molecule has 0 fully saturated rings. The summed E-state index contributed by atoms with van der Waals surface area (Å²) in [7, 11) is 0. The minimum absolute atomic E-state index is 0.180. The van der Waals surface area contributed by atoms with Crippen molar-refractivity contribution in [3.8, 4) is 0 Å². The fourth-order valence-corrected chi connectivity index (χ4v) is 1.43. The van der Waals surface area contributed by atoms with Crippen LogP contribution in [0.2, 0.25) is 5.02 Å². The Kier molecular flexibility index (Phi) is 2.81. The van der Waals surface area contributed by atoms with Gasteiger partial charge in [-0.2, -0.15) is 13.2 Å². The van der Waals surface area contributed by atoms with Gasteiger partial charge in [-0.15, -0.1) is 0 Å². The maximum Gasteiger partial charge on any atom is 0.417 e. The molecule has 0 atom stereocenters. The zero-order valence-electron chi connectivity index (χ0n) is 7.23. The summed E-state index contributed by atoms with van der Waals surface area (Å²) in [6, 6.07) is 1.64. The van der Waals surface area contributed by atoms with E-state index in [4.69, 9.17) is 23.1 Å². The van der Waals surface area contributed by atoms with Crippen molar-refractivity contribution in [2.24, 2.45) is 5.73 Å². The number of hydrogen-bond acceptors (Lipinski definition) is 2. The van der Waals surface area contributed by atoms with Gasteiger partial charge in [-0.1, -0.05) is 11.6 Å². The van der Waals surface area contributed by atoms with Gasteiger partial charge in [0.25, 0.3) is 5.91 Å². The number of nitrogen functional groups attached to an aromatic ring is 1. The van der Waals surface area contributed by atoms with E-state index in [2.05, 4.69) is 0 Å². The van der Waals surface area contributed by atoms with Crippen molar-refractivity contribution in [1.82, 2.24) is 0 Å². The van der Waals surface area contributed by atoms with Gasteiger partial charge in [-0.25, -0.2) is 0 Å². The van der Waals surface area contributed by atoms with E-state index < -0.39 is 28.2 Å². The number of carbonyl (C=O) groups is 1. The number of rotatable bonds is 1. The highest BCUT2D eigenvalue weighted by Crippen LogP contribution is 2.37. The SMILES string of the molecule is NC(=O)c1c(N)ccc(C(F)(F)F)c1Cl. The quantitative estimate of drug-likeness (QED) is 0.735. The fourth-order valence-electron chi connectivity index (χ4n) is 1.06. The van der Waals surface area contributed by atoms with E-state index in [1.165, 1.54) is 0 Å². The topological polar surface area (TPSA) is 69.1 Å². The Morgan fingerprint density at radius 1 is 1.33 bits per heavy atom. The number of amides is 1. The Balaban J connectivity index is 3.49. The second kappa shape index (κ2) is 3.62. The third kappa shape index (κ3) is 2.15. The van der Waals surface area contributed by atoms with Crippen LogP contribution in [-0.2, 0) is 6.18 Å². The zero-order valence-corrected chi connectivity index (χ0v) is 7.99. The van der Waals surface area contributed by atoms with E-state index in [1.807, 2.05) is 0 Å². The van der Waals surface area contributed by atoms with Gasteiger partial charge in [0.2, 0.25) is 0 Å². The van der Waals surface area contributed by atoms with E-state index in [1.54, 1.807) is 0 Å². The summed E-state index contributed by atoms with van der Waals surface area (Å²) in [4.78, 5) is 10.8. The summed E-state index contributed by atoms with van der Waals surface area (Å²) in [5.41, 5.74) is 8.32. The molecule has 15 heavy (non-hydrogen) atoms. The summed E-state index contributed by atoms with van der Waals surface area (Å²) < 4.78 is 37.0. The Labute approximate surface area is 87.8 Å². The summed E-state index contributed by atoms with van der Waals surface area (Å²) in [5, 5.41) is -0.769. The van der Waals surface area contributed by atoms with Crippen LogP contribution in [0.4, 0.5) is 18.9 Å². The van der Waals surface area contributed by atoms with Gasteiger partial charge in [0.05, 0.1) is 16.1 Å². The molecule has 1 aromatic rings. The number of anilines is 1. The van der Waals surface area contributed by atoms with Crippen molar-refractivity contribution >= 4 is 23.2 Å². The molecule has 0 saturated heterocycles. The van der Waals surface area contributed by atoms with E-state index in [-0.39, 0.29) is 5.69 Å². The zero-order chi connectivity index (χ0) is 11.8. The number of halogens is 4. The molecule has 3 nitrogen and oxygen atoms in total. The molecular formula is C8H6ClF3N2O. The Hall–Kier alpha value is -1.43. The number of nitrogens with two attached hydrogens (primary N) is 2. The highest BCUT2D eigenvalue weighted by atomic mass is 35.5. The van der Waals surface area contributed by atoms with E-state index in [9.17, 15) is 18.0 Å². The molecule has 0 aliphatic rings. The van der Waals surface area contributed by atoms with Crippen LogP contribution in [0.25, 0.3) is 0 Å². The van der Waals surface area contributed by atoms with Crippen molar-refractivity contribution < 1.29 is 18.0 Å². The first-order chi connectivity index (χ1) is 6.75. The molecule has 1 amide bonds. The third-order valence-electron chi connectivity index (χ3n) is 1.73. The number of alkyl halides is 3. The highest BCUT2D eigenvalue weighted by molar-refractivity contribution is 6.35. The average molecular weight is 239 g/mol. The molecular weight excluding hydrogens is 233 g/mol. The molecule has 0 bridgehead atoms. The molecule has 1 aromatic carbocycles. The third-order valence-corrected chi connectivity index (χ3v) is 2.12. The predicted octanol–water partition coefficient (Wildman–Crippen LogP) is 2.04. The molecule has 7 heteroatoms. The van der Waals surface area contributed by atoms with Crippen LogP contribution in [-0.4, -0.2) is 5.91 Å². The van der Waals surface area contributed by atoms with Crippen molar-refractivity contribution in [3.05, 3.63) is 28.3 Å². The van der Waals surface area contributed by atoms with Crippen LogP contribution in [0.15, 0.2) is 12.1 Å². The lowest BCUT2D eigenvalue weighted by atomic mass is 10.1. The van der Waals surface area contributed by atoms with Crippen LogP contribution < -0.4 is 11.5 Å². The summed E-state index contributed by atoms with van der Waals surface area (Å²) in [6.07, 6.45) is -4.64. The fraction of sp³-hybridized carbons (Fsp3) is 0.125. The molecule has 0 radical (unpaired) electrons. The second-order valence-electron chi connectivity index (χ2n) is 2.75. The lowest BCUT2D eigenvalue weighted by Gasteiger charge is -2.12. The lowest BCUT2D eigenvalue weighted by molar-refractivity contribution is -0.137. The second-order valence-corrected chi connectivity index (χ2v) is 3.13. The molecule has 82 valence electrons. The summed E-state index contributed by atoms with van der Waals surface area (Å²) in [6.45, 7) is 0. The largest absolute Gasteiger partial charge is 0.417 e. The van der Waals surface area contributed by atoms with Gasteiger partial charge in [0.1, 0.15) is 0 Å². The van der Waals surface area contributed by atoms with Gasteiger partial charge in [0.15, 0.2) is 0 Å². The van der Waals surface area contributed by atoms with Gasteiger partial charge >= 0.3 is 6.18 Å². The Morgan fingerprint density at radius 2 is 1.87 bits per heavy atom. The molecule has 0 aliphatic carbocycles. The van der Waals surface area contributed by atoms with Crippen LogP contribution in [0, 0.1) is 0 Å². The van der Waals surface area contributed by atoms with Crippen molar-refractivity contribution in [1.29, 1.82) is 0 Å². The van der Waals surface area contributed by atoms with E-state index in [0.717, 1.165) is 6.07 Å². The van der Waals surface area contributed by atoms with Gasteiger partial charge in [-0.3, -0.25) is 4.79 Å². The number of carbonyl (C=O) groups excluding carboxylic acids is 1. The first kappa shape index (κ1) is 11.6. The van der Waals surface area contributed by atoms with Crippen LogP contribution >= 0.6 is 11.6 Å². The van der Waals surface area contributed by atoms with Crippen molar-refractivity contribution in [2.45, 2.75) is 6.18 Å². The summed E-state index contributed by atoms with van der Waals surface area (Å²) in [5.74, 6) is -1.09. The number of benzene rings is 1. The minimum atomic E-state index is -4.64. The highest BCUT2D eigenvalue weighted by Gasteiger charge is 2.35. The standard InChI is InChI=1S/C8H6ClF3N2O/c9-6-3(8(10,11)12)1-2-4(13)5(6)7(14)15/h1-2H,13H2,(H2,14,15). The molecule has 0 saturated carbocycles. The number of hydrogen-bond donors (Lipinski definition) is 2. The van der Waals surface area contributed by atoms with E-state index >= 15 is 0 Å². The van der Waals surface area contributed by atoms with Crippen molar-refractivity contribution in [2.75, 3.05) is 5.73 Å². The van der Waals surface area contributed by atoms with Crippen molar-refractivity contribution in [3.63, 3.8) is 0 Å². The molecule has 0 heterocycles. The molecule has 0 spiro atoms. The lowest BCUT2D eigenvalue weighted by Crippen LogP contribution is -2.17.